The molecule has 0 aliphatic heterocycles. The Kier molecular flexibility index (Phi) is 8.74. The van der Waals surface area contributed by atoms with Crippen LogP contribution in [0.1, 0.15) is 0 Å². The van der Waals surface area contributed by atoms with Gasteiger partial charge in [-0.3, -0.25) is 0 Å². The van der Waals surface area contributed by atoms with Crippen molar-refractivity contribution in [2.75, 3.05) is 33.0 Å². The molecule has 0 amide bonds. The Bertz CT molecular complexity index is 77.9. The lowest BCUT2D eigenvalue weighted by Gasteiger charge is -2.09. The van der Waals surface area contributed by atoms with E-state index in [0.717, 1.165) is 0 Å². The molecule has 73 valence electrons. The molecule has 0 aromatic rings. The van der Waals surface area contributed by atoms with E-state index in [1.165, 1.54) is 6.61 Å². The Labute approximate surface area is 71.5 Å². The third-order valence-electron chi connectivity index (χ3n) is 0.987. The van der Waals surface area contributed by atoms with Crippen LogP contribution < -0.4 is 0 Å². The predicted molar refractivity (Wildman–Crippen MR) is 41.2 cm³/mol. The van der Waals surface area contributed by atoms with Gasteiger partial charge in [-0.2, -0.15) is 0 Å². The molecule has 1 radical (unpaired) electrons. The largest absolute Gasteiger partial charge is 0.394 e. The zero-order valence-corrected chi connectivity index (χ0v) is 6.85. The minimum absolute atomic E-state index is 0.0653. The molecule has 0 bridgehead atoms. The van der Waals surface area contributed by atoms with Crippen LogP contribution in [-0.4, -0.2) is 54.5 Å². The first kappa shape index (κ1) is 11.8. The van der Waals surface area contributed by atoms with Gasteiger partial charge in [-0.05, 0) is 0 Å². The summed E-state index contributed by atoms with van der Waals surface area (Å²) >= 11 is 0. The first-order valence-corrected chi connectivity index (χ1v) is 3.73. The highest BCUT2D eigenvalue weighted by Gasteiger charge is 2.03. The van der Waals surface area contributed by atoms with Gasteiger partial charge in [0.1, 0.15) is 12.7 Å². The zero-order valence-electron chi connectivity index (χ0n) is 6.85. The van der Waals surface area contributed by atoms with Crippen molar-refractivity contribution in [3.8, 4) is 0 Å². The maximum Gasteiger partial charge on any atom is 0.114 e. The molecule has 12 heavy (non-hydrogen) atoms. The Hall–Kier alpha value is -0.200. The molecular formula is C7H15O5. The van der Waals surface area contributed by atoms with Crippen LogP contribution in [0.15, 0.2) is 0 Å². The quantitative estimate of drug-likeness (QED) is 0.396. The minimum Gasteiger partial charge on any atom is -0.394 e. The van der Waals surface area contributed by atoms with Gasteiger partial charge in [0.15, 0.2) is 0 Å². The Morgan fingerprint density at radius 1 is 1.17 bits per heavy atom. The molecule has 0 aliphatic rings. The van der Waals surface area contributed by atoms with Crippen LogP contribution >= 0.6 is 0 Å². The van der Waals surface area contributed by atoms with Gasteiger partial charge in [0.05, 0.1) is 33.0 Å². The van der Waals surface area contributed by atoms with Gasteiger partial charge in [0.25, 0.3) is 0 Å². The zero-order chi connectivity index (χ0) is 9.23. The van der Waals surface area contributed by atoms with Crippen LogP contribution in [0.4, 0.5) is 0 Å². The van der Waals surface area contributed by atoms with E-state index >= 15 is 0 Å². The lowest BCUT2D eigenvalue weighted by atomic mass is 10.4. The van der Waals surface area contributed by atoms with E-state index in [-0.39, 0.29) is 33.0 Å². The average molecular weight is 179 g/mol. The lowest BCUT2D eigenvalue weighted by Crippen LogP contribution is -2.19. The van der Waals surface area contributed by atoms with Crippen molar-refractivity contribution in [1.29, 1.82) is 0 Å². The van der Waals surface area contributed by atoms with E-state index in [1.807, 2.05) is 0 Å². The molecule has 0 aliphatic carbocycles. The molecule has 1 unspecified atom stereocenters. The van der Waals surface area contributed by atoms with E-state index < -0.39 is 6.10 Å². The van der Waals surface area contributed by atoms with Crippen molar-refractivity contribution in [3.05, 3.63) is 6.61 Å². The molecule has 0 spiro atoms. The highest BCUT2D eigenvalue weighted by atomic mass is 16.5. The van der Waals surface area contributed by atoms with Gasteiger partial charge in [0, 0.05) is 0 Å². The van der Waals surface area contributed by atoms with Crippen LogP contribution in [0.25, 0.3) is 0 Å². The van der Waals surface area contributed by atoms with E-state index in [9.17, 15) is 0 Å². The van der Waals surface area contributed by atoms with E-state index in [0.29, 0.717) is 0 Å². The fraction of sp³-hybridized carbons (Fsp3) is 0.857. The number of aliphatic hydroxyl groups excluding tert-OH is 3. The summed E-state index contributed by atoms with van der Waals surface area (Å²) in [6.45, 7) is 1.49. The van der Waals surface area contributed by atoms with E-state index in [2.05, 4.69) is 0 Å². The van der Waals surface area contributed by atoms with Crippen molar-refractivity contribution < 1.29 is 24.8 Å². The van der Waals surface area contributed by atoms with Crippen molar-refractivity contribution in [3.63, 3.8) is 0 Å². The van der Waals surface area contributed by atoms with Crippen LogP contribution in [-0.2, 0) is 9.47 Å². The van der Waals surface area contributed by atoms with Gasteiger partial charge < -0.3 is 24.8 Å². The van der Waals surface area contributed by atoms with Crippen LogP contribution in [0.3, 0.4) is 0 Å². The third-order valence-corrected chi connectivity index (χ3v) is 0.987. The second-order valence-corrected chi connectivity index (χ2v) is 2.10. The second kappa shape index (κ2) is 8.89. The maximum atomic E-state index is 9.03. The van der Waals surface area contributed by atoms with Gasteiger partial charge >= 0.3 is 0 Å². The number of ether oxygens (including phenoxy) is 2. The molecule has 0 saturated heterocycles. The SMILES string of the molecule is OCCO[CH]C(O)COCCO. The van der Waals surface area contributed by atoms with E-state index in [4.69, 9.17) is 24.8 Å². The molecule has 0 aromatic carbocycles. The summed E-state index contributed by atoms with van der Waals surface area (Å²) in [4.78, 5) is 0. The smallest absolute Gasteiger partial charge is 0.114 e. The summed E-state index contributed by atoms with van der Waals surface area (Å²) in [5.74, 6) is 0. The molecule has 0 aromatic heterocycles. The van der Waals surface area contributed by atoms with Crippen LogP contribution in [0.2, 0.25) is 0 Å². The van der Waals surface area contributed by atoms with Gasteiger partial charge in [-0.15, -0.1) is 0 Å². The molecule has 5 heteroatoms. The van der Waals surface area contributed by atoms with Gasteiger partial charge in [-0.1, -0.05) is 0 Å². The molecule has 0 saturated carbocycles. The van der Waals surface area contributed by atoms with Gasteiger partial charge in [0.2, 0.25) is 0 Å². The topological polar surface area (TPSA) is 79.2 Å². The summed E-state index contributed by atoms with van der Waals surface area (Å²) in [6.07, 6.45) is -0.817. The van der Waals surface area contributed by atoms with Gasteiger partial charge in [-0.25, -0.2) is 0 Å². The molecule has 1 atom stereocenters. The Morgan fingerprint density at radius 2 is 1.83 bits per heavy atom. The first-order chi connectivity index (χ1) is 5.81. The number of hydrogen-bond acceptors (Lipinski definition) is 5. The van der Waals surface area contributed by atoms with E-state index in [1.54, 1.807) is 0 Å². The number of rotatable bonds is 8. The fourth-order valence-corrected chi connectivity index (χ4v) is 0.540. The summed E-state index contributed by atoms with van der Waals surface area (Å²) in [6, 6.07) is 0. The average Bonchev–Trinajstić information content (AvgIpc) is 2.06. The summed E-state index contributed by atoms with van der Waals surface area (Å²) in [5.41, 5.74) is 0. The maximum absolute atomic E-state index is 9.03. The van der Waals surface area contributed by atoms with Crippen molar-refractivity contribution in [1.82, 2.24) is 0 Å². The normalized spacial score (nSPS) is 11.0. The fourth-order valence-electron chi connectivity index (χ4n) is 0.540. The summed E-state index contributed by atoms with van der Waals surface area (Å²) in [7, 11) is 0. The standard InChI is InChI=1S/C7H15O5/c8-1-3-11-5-7(10)6-12-4-2-9/h5,7-10H,1-4,6H2. The van der Waals surface area contributed by atoms with Crippen LogP contribution in [0.5, 0.6) is 0 Å². The highest BCUT2D eigenvalue weighted by Crippen LogP contribution is 1.92. The Morgan fingerprint density at radius 3 is 2.42 bits per heavy atom. The number of aliphatic hydroxyl groups is 3. The molecule has 5 nitrogen and oxygen atoms in total. The molecule has 0 fully saturated rings. The second-order valence-electron chi connectivity index (χ2n) is 2.10. The van der Waals surface area contributed by atoms with Crippen molar-refractivity contribution in [2.24, 2.45) is 0 Å². The molecule has 0 heterocycles. The third kappa shape index (κ3) is 7.90. The Balaban J connectivity index is 3.04. The monoisotopic (exact) mass is 179 g/mol. The highest BCUT2D eigenvalue weighted by molar-refractivity contribution is 4.63. The molecular weight excluding hydrogens is 164 g/mol. The van der Waals surface area contributed by atoms with Crippen molar-refractivity contribution >= 4 is 0 Å². The number of hydrogen-bond donors (Lipinski definition) is 3. The first-order valence-electron chi connectivity index (χ1n) is 3.73. The molecule has 0 rings (SSSR count). The van der Waals surface area contributed by atoms with Crippen molar-refractivity contribution in [2.45, 2.75) is 6.10 Å². The minimum atomic E-state index is -0.817. The summed E-state index contributed by atoms with van der Waals surface area (Å²) in [5, 5.41) is 25.6. The van der Waals surface area contributed by atoms with Crippen LogP contribution in [0, 0.1) is 6.61 Å². The lowest BCUT2D eigenvalue weighted by molar-refractivity contribution is 0.0000308. The predicted octanol–water partition coefficient (Wildman–Crippen LogP) is -1.47. The summed E-state index contributed by atoms with van der Waals surface area (Å²) < 4.78 is 9.51. The molecule has 3 N–H and O–H groups in total.